The van der Waals surface area contributed by atoms with Crippen molar-refractivity contribution in [3.63, 3.8) is 0 Å². The summed E-state index contributed by atoms with van der Waals surface area (Å²) >= 11 is 1.32. The minimum absolute atomic E-state index is 0.124. The van der Waals surface area contributed by atoms with Crippen LogP contribution in [0.25, 0.3) is 0 Å². The van der Waals surface area contributed by atoms with Crippen LogP contribution >= 0.6 is 11.8 Å². The first kappa shape index (κ1) is 17.3. The second-order valence-electron chi connectivity index (χ2n) is 6.38. The average molecular weight is 348 g/mol. The van der Waals surface area contributed by atoms with Gasteiger partial charge in [0.2, 0.25) is 5.91 Å². The lowest BCUT2D eigenvalue weighted by atomic mass is 10.1. The van der Waals surface area contributed by atoms with E-state index in [0.29, 0.717) is 13.0 Å². The zero-order chi connectivity index (χ0) is 16.9. The van der Waals surface area contributed by atoms with Crippen LogP contribution in [0.3, 0.4) is 0 Å². The van der Waals surface area contributed by atoms with Gasteiger partial charge < -0.3 is 14.5 Å². The number of benzene rings is 1. The van der Waals surface area contributed by atoms with E-state index in [1.54, 1.807) is 6.92 Å². The Hall–Kier alpha value is -1.53. The van der Waals surface area contributed by atoms with Crippen molar-refractivity contribution in [2.24, 2.45) is 5.92 Å². The van der Waals surface area contributed by atoms with Crippen LogP contribution in [0.2, 0.25) is 0 Å². The zero-order valence-electron chi connectivity index (χ0n) is 14.1. The number of thioether (sulfide) groups is 1. The van der Waals surface area contributed by atoms with Crippen LogP contribution in [0, 0.1) is 5.92 Å². The summed E-state index contributed by atoms with van der Waals surface area (Å²) in [6.45, 7) is 6.26. The Labute approximate surface area is 147 Å². The van der Waals surface area contributed by atoms with Crippen molar-refractivity contribution < 1.29 is 14.3 Å². The van der Waals surface area contributed by atoms with Gasteiger partial charge in [-0.25, -0.2) is 0 Å². The Morgan fingerprint density at radius 1 is 1.29 bits per heavy atom. The van der Waals surface area contributed by atoms with Gasteiger partial charge in [0.15, 0.2) is 5.12 Å². The van der Waals surface area contributed by atoms with Crippen LogP contribution in [-0.4, -0.2) is 54.5 Å². The van der Waals surface area contributed by atoms with E-state index in [1.807, 2.05) is 17.0 Å². The van der Waals surface area contributed by atoms with Crippen molar-refractivity contribution in [1.82, 2.24) is 4.90 Å². The van der Waals surface area contributed by atoms with E-state index in [-0.39, 0.29) is 16.9 Å². The summed E-state index contributed by atoms with van der Waals surface area (Å²) < 4.78 is 5.44. The molecule has 2 saturated heterocycles. The normalized spacial score (nSPS) is 21.4. The average Bonchev–Trinajstić information content (AvgIpc) is 2.94. The van der Waals surface area contributed by atoms with Crippen LogP contribution in [0.4, 0.5) is 5.69 Å². The molecule has 0 aromatic heterocycles. The van der Waals surface area contributed by atoms with Gasteiger partial charge in [0.25, 0.3) is 0 Å². The van der Waals surface area contributed by atoms with E-state index in [2.05, 4.69) is 17.0 Å². The number of para-hydroxylation sites is 1. The summed E-state index contributed by atoms with van der Waals surface area (Å²) in [4.78, 5) is 27.7. The molecule has 5 nitrogen and oxygen atoms in total. The van der Waals surface area contributed by atoms with Crippen LogP contribution in [-0.2, 0) is 20.9 Å². The second kappa shape index (κ2) is 8.03. The predicted molar refractivity (Wildman–Crippen MR) is 96.1 cm³/mol. The highest BCUT2D eigenvalue weighted by Gasteiger charge is 2.30. The maximum Gasteiger partial charge on any atom is 0.223 e. The van der Waals surface area contributed by atoms with Crippen LogP contribution < -0.4 is 4.90 Å². The maximum absolute atomic E-state index is 12.3. The number of nitrogens with zero attached hydrogens (tertiary/aromatic N) is 2. The summed E-state index contributed by atoms with van der Waals surface area (Å²) in [6, 6.07) is 8.31. The molecule has 2 fully saturated rings. The molecule has 1 unspecified atom stereocenters. The minimum atomic E-state index is 0.124. The van der Waals surface area contributed by atoms with Crippen LogP contribution in [0.1, 0.15) is 18.9 Å². The quantitative estimate of drug-likeness (QED) is 0.816. The van der Waals surface area contributed by atoms with Crippen molar-refractivity contribution in [3.05, 3.63) is 29.8 Å². The van der Waals surface area contributed by atoms with E-state index in [0.717, 1.165) is 38.6 Å². The molecule has 6 heteroatoms. The number of carbonyl (C=O) groups is 2. The molecule has 0 radical (unpaired) electrons. The maximum atomic E-state index is 12.3. The molecule has 3 rings (SSSR count). The van der Waals surface area contributed by atoms with Gasteiger partial charge >= 0.3 is 0 Å². The largest absolute Gasteiger partial charge is 0.378 e. The molecule has 0 spiro atoms. The van der Waals surface area contributed by atoms with E-state index in [4.69, 9.17) is 4.74 Å². The molecular weight excluding hydrogens is 324 g/mol. The SMILES string of the molecule is CC(=O)SCC1CC(=O)N(Cc2ccccc2N2CCOCC2)C1. The Bertz CT molecular complexity index is 602. The molecule has 0 aliphatic carbocycles. The Balaban J connectivity index is 1.65. The summed E-state index contributed by atoms with van der Waals surface area (Å²) in [5.41, 5.74) is 2.39. The summed E-state index contributed by atoms with van der Waals surface area (Å²) in [5, 5.41) is 0.124. The van der Waals surface area contributed by atoms with Crippen molar-refractivity contribution >= 4 is 28.5 Å². The highest BCUT2D eigenvalue weighted by atomic mass is 32.2. The number of amides is 1. The molecule has 1 aromatic carbocycles. The molecule has 0 bridgehead atoms. The van der Waals surface area contributed by atoms with Crippen molar-refractivity contribution in [2.45, 2.75) is 19.9 Å². The van der Waals surface area contributed by atoms with Gasteiger partial charge in [-0.05, 0) is 17.5 Å². The first-order valence-corrected chi connectivity index (χ1v) is 9.44. The summed E-state index contributed by atoms with van der Waals surface area (Å²) in [6.07, 6.45) is 0.556. The number of carbonyl (C=O) groups excluding carboxylic acids is 2. The fraction of sp³-hybridized carbons (Fsp3) is 0.556. The molecule has 2 aliphatic rings. The molecular formula is C18H24N2O3S. The van der Waals surface area contributed by atoms with E-state index in [9.17, 15) is 9.59 Å². The van der Waals surface area contributed by atoms with Gasteiger partial charge in [-0.1, -0.05) is 30.0 Å². The van der Waals surface area contributed by atoms with E-state index < -0.39 is 0 Å². The molecule has 0 saturated carbocycles. The third-order valence-electron chi connectivity index (χ3n) is 4.52. The minimum Gasteiger partial charge on any atom is -0.378 e. The summed E-state index contributed by atoms with van der Waals surface area (Å²) in [5.74, 6) is 1.21. The number of ether oxygens (including phenoxy) is 1. The molecule has 2 aliphatic heterocycles. The molecule has 1 amide bonds. The van der Waals surface area contributed by atoms with Gasteiger partial charge in [-0.3, -0.25) is 9.59 Å². The molecule has 130 valence electrons. The molecule has 2 heterocycles. The lowest BCUT2D eigenvalue weighted by Crippen LogP contribution is -2.37. The third kappa shape index (κ3) is 4.30. The van der Waals surface area contributed by atoms with Gasteiger partial charge in [-0.2, -0.15) is 0 Å². The van der Waals surface area contributed by atoms with Gasteiger partial charge in [0.05, 0.1) is 13.2 Å². The highest BCUT2D eigenvalue weighted by molar-refractivity contribution is 8.13. The van der Waals surface area contributed by atoms with Crippen molar-refractivity contribution in [2.75, 3.05) is 43.5 Å². The number of hydrogen-bond donors (Lipinski definition) is 0. The second-order valence-corrected chi connectivity index (χ2v) is 7.57. The number of rotatable bonds is 5. The number of likely N-dealkylation sites (tertiary alicyclic amines) is 1. The summed E-state index contributed by atoms with van der Waals surface area (Å²) in [7, 11) is 0. The zero-order valence-corrected chi connectivity index (χ0v) is 14.9. The van der Waals surface area contributed by atoms with Crippen molar-refractivity contribution in [3.8, 4) is 0 Å². The molecule has 1 atom stereocenters. The number of hydrogen-bond acceptors (Lipinski definition) is 5. The molecule has 0 N–H and O–H groups in total. The van der Waals surface area contributed by atoms with Gasteiger partial charge in [-0.15, -0.1) is 0 Å². The van der Waals surface area contributed by atoms with Crippen molar-refractivity contribution in [1.29, 1.82) is 0 Å². The predicted octanol–water partition coefficient (Wildman–Crippen LogP) is 2.15. The standard InChI is InChI=1S/C18H24N2O3S/c1-14(21)24-13-15-10-18(22)20(11-15)12-16-4-2-3-5-17(16)19-6-8-23-9-7-19/h2-5,15H,6-13H2,1H3. The van der Waals surface area contributed by atoms with E-state index in [1.165, 1.54) is 23.0 Å². The fourth-order valence-corrected chi connectivity index (χ4v) is 4.01. The Kier molecular flexibility index (Phi) is 5.79. The lowest BCUT2D eigenvalue weighted by molar-refractivity contribution is -0.128. The van der Waals surface area contributed by atoms with Crippen LogP contribution in [0.5, 0.6) is 0 Å². The first-order chi connectivity index (χ1) is 11.6. The monoisotopic (exact) mass is 348 g/mol. The molecule has 24 heavy (non-hydrogen) atoms. The molecule has 1 aromatic rings. The Morgan fingerprint density at radius 3 is 2.79 bits per heavy atom. The number of anilines is 1. The number of morpholine rings is 1. The third-order valence-corrected chi connectivity index (χ3v) is 5.57. The van der Waals surface area contributed by atoms with E-state index >= 15 is 0 Å². The van der Waals surface area contributed by atoms with Gasteiger partial charge in [0, 0.05) is 51.0 Å². The van der Waals surface area contributed by atoms with Crippen LogP contribution in [0.15, 0.2) is 24.3 Å². The highest BCUT2D eigenvalue weighted by Crippen LogP contribution is 2.27. The fourth-order valence-electron chi connectivity index (χ4n) is 3.32. The Morgan fingerprint density at radius 2 is 2.04 bits per heavy atom. The lowest BCUT2D eigenvalue weighted by Gasteiger charge is -2.31. The topological polar surface area (TPSA) is 49.9 Å². The van der Waals surface area contributed by atoms with Gasteiger partial charge in [0.1, 0.15) is 0 Å². The first-order valence-electron chi connectivity index (χ1n) is 8.45. The smallest absolute Gasteiger partial charge is 0.223 e.